The van der Waals surface area contributed by atoms with Crippen LogP contribution in [0.5, 0.6) is 0 Å². The van der Waals surface area contributed by atoms with E-state index in [0.717, 1.165) is 31.0 Å². The lowest BCUT2D eigenvalue weighted by Crippen LogP contribution is -2.47. The number of nitrogens with one attached hydrogen (secondary N) is 1. The molecule has 3 aliphatic rings. The summed E-state index contributed by atoms with van der Waals surface area (Å²) in [5.74, 6) is 1.83. The van der Waals surface area contributed by atoms with Crippen LogP contribution in [-0.2, 0) is 4.74 Å². The summed E-state index contributed by atoms with van der Waals surface area (Å²) in [5, 5.41) is 3.82. The summed E-state index contributed by atoms with van der Waals surface area (Å²) in [6.45, 7) is 4.43. The molecule has 0 bridgehead atoms. The Morgan fingerprint density at radius 1 is 0.952 bits per heavy atom. The molecule has 2 nitrogen and oxygen atoms in total. The molecule has 0 amide bonds. The molecule has 0 radical (unpaired) electrons. The van der Waals surface area contributed by atoms with Crippen LogP contribution in [0.25, 0.3) is 0 Å². The molecular formula is C19H35NO. The lowest BCUT2D eigenvalue weighted by molar-refractivity contribution is -0.127. The molecular weight excluding hydrogens is 258 g/mol. The first-order valence-corrected chi connectivity index (χ1v) is 9.70. The second-order valence-corrected chi connectivity index (χ2v) is 7.81. The van der Waals surface area contributed by atoms with Crippen molar-refractivity contribution in [2.75, 3.05) is 13.2 Å². The molecule has 0 aromatic carbocycles. The fourth-order valence-corrected chi connectivity index (χ4v) is 5.39. The first-order valence-electron chi connectivity index (χ1n) is 9.70. The van der Waals surface area contributed by atoms with E-state index in [1.807, 2.05) is 0 Å². The first-order chi connectivity index (χ1) is 10.3. The molecule has 2 saturated carbocycles. The molecule has 0 aromatic heterocycles. The molecule has 1 heterocycles. The van der Waals surface area contributed by atoms with Crippen LogP contribution < -0.4 is 5.32 Å². The average Bonchev–Trinajstić information content (AvgIpc) is 2.74. The maximum Gasteiger partial charge on any atom is 0.0685 e. The van der Waals surface area contributed by atoms with E-state index in [4.69, 9.17) is 4.74 Å². The van der Waals surface area contributed by atoms with Crippen LogP contribution in [0, 0.1) is 11.8 Å². The smallest absolute Gasteiger partial charge is 0.0685 e. The van der Waals surface area contributed by atoms with Gasteiger partial charge in [-0.05, 0) is 56.9 Å². The highest BCUT2D eigenvalue weighted by atomic mass is 16.5. The second-order valence-electron chi connectivity index (χ2n) is 7.81. The van der Waals surface area contributed by atoms with Gasteiger partial charge in [0.1, 0.15) is 0 Å². The molecule has 2 heteroatoms. The zero-order valence-electron chi connectivity index (χ0n) is 14.0. The van der Waals surface area contributed by atoms with Gasteiger partial charge in [0.15, 0.2) is 0 Å². The Hall–Kier alpha value is -0.0800. The van der Waals surface area contributed by atoms with E-state index in [2.05, 4.69) is 12.2 Å². The maximum atomic E-state index is 6.33. The van der Waals surface area contributed by atoms with Gasteiger partial charge in [-0.1, -0.05) is 45.4 Å². The molecule has 1 N–H and O–H groups in total. The Kier molecular flexibility index (Phi) is 5.61. The van der Waals surface area contributed by atoms with Gasteiger partial charge in [-0.2, -0.15) is 0 Å². The summed E-state index contributed by atoms with van der Waals surface area (Å²) in [4.78, 5) is 0. The average molecular weight is 293 g/mol. The molecule has 1 aliphatic heterocycles. The van der Waals surface area contributed by atoms with E-state index in [-0.39, 0.29) is 5.60 Å². The molecule has 0 aromatic rings. The van der Waals surface area contributed by atoms with E-state index in [0.29, 0.717) is 0 Å². The molecule has 122 valence electrons. The lowest BCUT2D eigenvalue weighted by Gasteiger charge is -2.47. The third-order valence-corrected chi connectivity index (χ3v) is 6.44. The quantitative estimate of drug-likeness (QED) is 0.763. The van der Waals surface area contributed by atoms with Crippen molar-refractivity contribution >= 4 is 0 Å². The van der Waals surface area contributed by atoms with Gasteiger partial charge in [0.05, 0.1) is 5.60 Å². The largest absolute Gasteiger partial charge is 0.375 e. The lowest BCUT2D eigenvalue weighted by atomic mass is 9.70. The summed E-state index contributed by atoms with van der Waals surface area (Å²) in [7, 11) is 0. The first kappa shape index (κ1) is 15.8. The highest BCUT2D eigenvalue weighted by Crippen LogP contribution is 2.45. The van der Waals surface area contributed by atoms with Crippen LogP contribution in [-0.4, -0.2) is 24.8 Å². The van der Waals surface area contributed by atoms with Gasteiger partial charge in [-0.25, -0.2) is 0 Å². The monoisotopic (exact) mass is 293 g/mol. The van der Waals surface area contributed by atoms with Gasteiger partial charge in [0, 0.05) is 12.6 Å². The molecule has 3 atom stereocenters. The van der Waals surface area contributed by atoms with Gasteiger partial charge in [0.2, 0.25) is 0 Å². The van der Waals surface area contributed by atoms with E-state index in [1.165, 1.54) is 77.0 Å². The second kappa shape index (κ2) is 7.46. The number of hydrogen-bond donors (Lipinski definition) is 1. The summed E-state index contributed by atoms with van der Waals surface area (Å²) in [5.41, 5.74) is 0.282. The molecule has 3 fully saturated rings. The number of ether oxygens (including phenoxy) is 1. The van der Waals surface area contributed by atoms with E-state index >= 15 is 0 Å². The Morgan fingerprint density at radius 3 is 2.52 bits per heavy atom. The Bertz CT molecular complexity index is 305. The third-order valence-electron chi connectivity index (χ3n) is 6.44. The van der Waals surface area contributed by atoms with Crippen molar-refractivity contribution in [1.29, 1.82) is 0 Å². The fourth-order valence-electron chi connectivity index (χ4n) is 5.39. The van der Waals surface area contributed by atoms with Crippen LogP contribution >= 0.6 is 0 Å². The summed E-state index contributed by atoms with van der Waals surface area (Å²) < 4.78 is 6.33. The standard InChI is InChI=1S/C19H35NO/c1-2-20-18-10-6-3-5-9-17(18)16-11-14-21-19(15-16)12-7-4-8-13-19/h16-18,20H,2-15H2,1H3. The molecule has 1 saturated heterocycles. The van der Waals surface area contributed by atoms with E-state index in [9.17, 15) is 0 Å². The zero-order chi connectivity index (χ0) is 14.5. The Labute approximate surface area is 131 Å². The van der Waals surface area contributed by atoms with Gasteiger partial charge in [0.25, 0.3) is 0 Å². The minimum atomic E-state index is 0.282. The van der Waals surface area contributed by atoms with Crippen molar-refractivity contribution in [2.45, 2.75) is 95.6 Å². The van der Waals surface area contributed by atoms with Gasteiger partial charge in [-0.3, -0.25) is 0 Å². The topological polar surface area (TPSA) is 21.3 Å². The maximum absolute atomic E-state index is 6.33. The summed E-state index contributed by atoms with van der Waals surface area (Å²) in [6.07, 6.45) is 16.8. The Morgan fingerprint density at radius 2 is 1.71 bits per heavy atom. The molecule has 3 rings (SSSR count). The van der Waals surface area contributed by atoms with Crippen molar-refractivity contribution in [3.63, 3.8) is 0 Å². The fraction of sp³-hybridized carbons (Fsp3) is 1.00. The van der Waals surface area contributed by atoms with Crippen molar-refractivity contribution in [1.82, 2.24) is 5.32 Å². The predicted octanol–water partition coefficient (Wildman–Crippen LogP) is 4.67. The van der Waals surface area contributed by atoms with Crippen molar-refractivity contribution in [2.24, 2.45) is 11.8 Å². The minimum absolute atomic E-state index is 0.282. The van der Waals surface area contributed by atoms with E-state index in [1.54, 1.807) is 0 Å². The van der Waals surface area contributed by atoms with Gasteiger partial charge >= 0.3 is 0 Å². The Balaban J connectivity index is 1.67. The van der Waals surface area contributed by atoms with E-state index < -0.39 is 0 Å². The SMILES string of the molecule is CCNC1CCCCCC1C1CCOC2(CCCCC2)C1. The third kappa shape index (κ3) is 3.82. The van der Waals surface area contributed by atoms with Crippen molar-refractivity contribution < 1.29 is 4.74 Å². The molecule has 3 unspecified atom stereocenters. The van der Waals surface area contributed by atoms with Crippen molar-refractivity contribution in [3.05, 3.63) is 0 Å². The van der Waals surface area contributed by atoms with Gasteiger partial charge < -0.3 is 10.1 Å². The number of rotatable bonds is 3. The van der Waals surface area contributed by atoms with Gasteiger partial charge in [-0.15, -0.1) is 0 Å². The van der Waals surface area contributed by atoms with Crippen LogP contribution in [0.15, 0.2) is 0 Å². The number of hydrogen-bond acceptors (Lipinski definition) is 2. The summed E-state index contributed by atoms with van der Waals surface area (Å²) in [6, 6.07) is 0.779. The molecule has 21 heavy (non-hydrogen) atoms. The normalized spacial score (nSPS) is 37.3. The summed E-state index contributed by atoms with van der Waals surface area (Å²) >= 11 is 0. The van der Waals surface area contributed by atoms with Crippen LogP contribution in [0.1, 0.15) is 84.0 Å². The van der Waals surface area contributed by atoms with Crippen LogP contribution in [0.3, 0.4) is 0 Å². The van der Waals surface area contributed by atoms with Crippen molar-refractivity contribution in [3.8, 4) is 0 Å². The zero-order valence-corrected chi connectivity index (χ0v) is 14.0. The minimum Gasteiger partial charge on any atom is -0.375 e. The van der Waals surface area contributed by atoms with Crippen LogP contribution in [0.4, 0.5) is 0 Å². The predicted molar refractivity (Wildman–Crippen MR) is 88.5 cm³/mol. The highest BCUT2D eigenvalue weighted by Gasteiger charge is 2.42. The molecule has 1 spiro atoms. The highest BCUT2D eigenvalue weighted by molar-refractivity contribution is 4.94. The molecule has 2 aliphatic carbocycles. The van der Waals surface area contributed by atoms with Crippen LogP contribution in [0.2, 0.25) is 0 Å².